The molecule has 4 aromatic carbocycles. The van der Waals surface area contributed by atoms with E-state index in [1.54, 1.807) is 0 Å². The van der Waals surface area contributed by atoms with Crippen molar-refractivity contribution in [1.82, 2.24) is 15.0 Å². The molecule has 0 saturated carbocycles. The number of sulfone groups is 1. The first kappa shape index (κ1) is 46.5. The second kappa shape index (κ2) is 17.4. The molecular weight excluding hydrogens is 940 g/mol. The zero-order valence-corrected chi connectivity index (χ0v) is 35.0. The monoisotopic (exact) mass is 966 g/mol. The molecule has 1 aromatic heterocycles. The Bertz CT molecular complexity index is 3210. The summed E-state index contributed by atoms with van der Waals surface area (Å²) >= 11 is 6.07. The number of hydrogen-bond donors (Lipinski definition) is 8. The van der Waals surface area contributed by atoms with Gasteiger partial charge in [0.1, 0.15) is 21.2 Å². The van der Waals surface area contributed by atoms with Crippen LogP contribution in [0.4, 0.5) is 40.3 Å². The standard InChI is InChI=1S/C30H27ClN8O17S5/c1-2-24(40)34-21-14-19(58(44,45)46)10-15-11-23(60(50,51)52)26(27(41)25(15)21)39-38-20-13-17(6-7-22(20)59(47,48)49)33-30-36-28(31)35-29(37-30)32-16-4-3-5-18(12-16)57(42,43)9-8-56-61(53,54)55/h3-7,10-14,41H,2,8-9H2,1H3,(H,34,40)(H,44,45,46)(H,47,48,49)(H,50,51,52)(H,53,54,55)(H2,32,33,35,36,37)/b39-38+. The Labute approximate surface area is 350 Å². The van der Waals surface area contributed by atoms with Gasteiger partial charge < -0.3 is 21.1 Å². The molecule has 1 heterocycles. The van der Waals surface area contributed by atoms with Gasteiger partial charge in [0.05, 0.1) is 27.8 Å². The lowest BCUT2D eigenvalue weighted by atomic mass is 10.1. The SMILES string of the molecule is CCC(=O)Nc1cc(S(=O)(=O)O)cc2cc(S(=O)(=O)O)c(/N=N/c3cc(Nc4nc(Cl)nc(Nc5cccc(S(=O)(=O)CCOS(=O)(=O)O)c5)n4)ccc3S(=O)(=O)O)c(O)c12. The Morgan fingerprint density at radius 3 is 1.93 bits per heavy atom. The van der Waals surface area contributed by atoms with Gasteiger partial charge in [-0.3, -0.25) is 23.0 Å². The fourth-order valence-corrected chi connectivity index (χ4v) is 8.58. The van der Waals surface area contributed by atoms with Crippen molar-refractivity contribution in [1.29, 1.82) is 0 Å². The van der Waals surface area contributed by atoms with E-state index in [0.29, 0.717) is 12.1 Å². The molecule has 0 saturated heterocycles. The number of carbonyl (C=O) groups is 1. The largest absolute Gasteiger partial charge is 0.505 e. The number of benzene rings is 4. The first-order valence-electron chi connectivity index (χ1n) is 16.2. The van der Waals surface area contributed by atoms with Crippen LogP contribution in [0.3, 0.4) is 0 Å². The number of halogens is 1. The predicted octanol–water partition coefficient (Wildman–Crippen LogP) is 3.97. The Hall–Kier alpha value is -5.54. The van der Waals surface area contributed by atoms with Crippen molar-refractivity contribution in [2.45, 2.75) is 32.9 Å². The van der Waals surface area contributed by atoms with Crippen molar-refractivity contribution in [2.75, 3.05) is 28.3 Å². The van der Waals surface area contributed by atoms with Gasteiger partial charge in [-0.25, -0.2) is 12.6 Å². The fourth-order valence-electron chi connectivity index (χ4n) is 5.09. The number of carbonyl (C=O) groups excluding carboxylic acids is 1. The maximum absolute atomic E-state index is 12.7. The topological polar surface area (TPSA) is 398 Å². The van der Waals surface area contributed by atoms with E-state index in [2.05, 4.69) is 45.3 Å². The van der Waals surface area contributed by atoms with Crippen LogP contribution in [0.25, 0.3) is 10.8 Å². The lowest BCUT2D eigenvalue weighted by Crippen LogP contribution is -2.15. The van der Waals surface area contributed by atoms with Gasteiger partial charge >= 0.3 is 10.4 Å². The molecule has 8 N–H and O–H groups in total. The molecule has 0 aliphatic rings. The molecule has 31 heteroatoms. The normalized spacial score (nSPS) is 12.8. The van der Waals surface area contributed by atoms with Crippen LogP contribution in [-0.2, 0) is 59.6 Å². The molecule has 0 bridgehead atoms. The van der Waals surface area contributed by atoms with E-state index in [1.807, 2.05) is 0 Å². The highest BCUT2D eigenvalue weighted by molar-refractivity contribution is 7.91. The van der Waals surface area contributed by atoms with Crippen LogP contribution in [0.15, 0.2) is 90.5 Å². The molecule has 25 nitrogen and oxygen atoms in total. The summed E-state index contributed by atoms with van der Waals surface area (Å²) in [6.45, 7) is 0.533. The Morgan fingerprint density at radius 1 is 0.738 bits per heavy atom. The minimum atomic E-state index is -5.37. The second-order valence-corrected chi connectivity index (χ2v) is 19.7. The van der Waals surface area contributed by atoms with Gasteiger partial charge in [-0.15, -0.1) is 10.2 Å². The van der Waals surface area contributed by atoms with Crippen LogP contribution in [0.1, 0.15) is 13.3 Å². The van der Waals surface area contributed by atoms with Crippen molar-refractivity contribution in [3.63, 3.8) is 0 Å². The molecule has 0 unspecified atom stereocenters. The molecule has 0 fully saturated rings. The average Bonchev–Trinajstić information content (AvgIpc) is 3.12. The van der Waals surface area contributed by atoms with Crippen LogP contribution >= 0.6 is 11.6 Å². The first-order valence-corrected chi connectivity index (χ1v) is 23.9. The maximum Gasteiger partial charge on any atom is 0.397 e. The first-order chi connectivity index (χ1) is 28.1. The minimum absolute atomic E-state index is 0.0742. The smallest absolute Gasteiger partial charge is 0.397 e. The van der Waals surface area contributed by atoms with Crippen molar-refractivity contribution in [2.24, 2.45) is 10.2 Å². The van der Waals surface area contributed by atoms with Crippen LogP contribution < -0.4 is 16.0 Å². The highest BCUT2D eigenvalue weighted by Crippen LogP contribution is 2.45. The van der Waals surface area contributed by atoms with Crippen molar-refractivity contribution < 1.29 is 74.4 Å². The van der Waals surface area contributed by atoms with Gasteiger partial charge in [0, 0.05) is 23.2 Å². The van der Waals surface area contributed by atoms with Crippen molar-refractivity contribution >= 4 is 119 Å². The van der Waals surface area contributed by atoms with Crippen LogP contribution in [0.2, 0.25) is 5.28 Å². The van der Waals surface area contributed by atoms with Gasteiger partial charge in [0.15, 0.2) is 15.6 Å². The summed E-state index contributed by atoms with van der Waals surface area (Å²) in [6, 6.07) is 9.85. The summed E-state index contributed by atoms with van der Waals surface area (Å²) in [5.74, 6) is -3.33. The molecule has 5 aromatic rings. The number of phenols is 1. The number of fused-ring (bicyclic) bond motifs is 1. The lowest BCUT2D eigenvalue weighted by Gasteiger charge is -2.14. The molecule has 0 aliphatic heterocycles. The summed E-state index contributed by atoms with van der Waals surface area (Å²) in [7, 11) is -24.5. The summed E-state index contributed by atoms with van der Waals surface area (Å²) in [6.07, 6.45) is -0.173. The van der Waals surface area contributed by atoms with Gasteiger partial charge in [0.25, 0.3) is 30.4 Å². The minimum Gasteiger partial charge on any atom is -0.505 e. The third-order valence-electron chi connectivity index (χ3n) is 7.69. The number of rotatable bonds is 16. The highest BCUT2D eigenvalue weighted by Gasteiger charge is 2.27. The zero-order chi connectivity index (χ0) is 45.3. The lowest BCUT2D eigenvalue weighted by molar-refractivity contribution is -0.115. The molecule has 0 spiro atoms. The van der Waals surface area contributed by atoms with E-state index < -0.39 is 122 Å². The number of anilines is 5. The average molecular weight is 967 g/mol. The molecule has 1 amide bonds. The summed E-state index contributed by atoms with van der Waals surface area (Å²) in [5.41, 5.74) is -2.32. The van der Waals surface area contributed by atoms with E-state index in [9.17, 15) is 65.6 Å². The molecule has 5 rings (SSSR count). The molecule has 0 aliphatic carbocycles. The second-order valence-electron chi connectivity index (χ2n) is 11.9. The van der Waals surface area contributed by atoms with Gasteiger partial charge in [0.2, 0.25) is 23.1 Å². The summed E-state index contributed by atoms with van der Waals surface area (Å²) in [5, 5.41) is 24.9. The van der Waals surface area contributed by atoms with Crippen LogP contribution in [0.5, 0.6) is 5.75 Å². The van der Waals surface area contributed by atoms with Crippen molar-refractivity contribution in [3.05, 3.63) is 65.9 Å². The quantitative estimate of drug-likeness (QED) is 0.0512. The van der Waals surface area contributed by atoms with Crippen molar-refractivity contribution in [3.8, 4) is 5.75 Å². The summed E-state index contributed by atoms with van der Waals surface area (Å²) in [4.78, 5) is 20.9. The number of nitrogens with zero attached hydrogens (tertiary/aromatic N) is 5. The molecular formula is C30H27ClN8O17S5. The third-order valence-corrected chi connectivity index (χ3v) is 12.6. The van der Waals surface area contributed by atoms with Gasteiger partial charge in [-0.05, 0) is 71.6 Å². The predicted molar refractivity (Wildman–Crippen MR) is 212 cm³/mol. The Kier molecular flexibility index (Phi) is 13.3. The number of aromatic hydroxyl groups is 1. The number of aromatic nitrogens is 3. The van der Waals surface area contributed by atoms with Gasteiger partial charge in [-0.1, -0.05) is 13.0 Å². The molecule has 326 valence electrons. The van der Waals surface area contributed by atoms with E-state index in [1.165, 1.54) is 25.1 Å². The molecule has 0 atom stereocenters. The number of phenolic OH excluding ortho intramolecular Hbond substituents is 1. The number of nitrogens with one attached hydrogen (secondary N) is 3. The van der Waals surface area contributed by atoms with Gasteiger partial charge in [-0.2, -0.15) is 48.6 Å². The number of hydrogen-bond acceptors (Lipinski definition) is 20. The third kappa shape index (κ3) is 11.9. The fraction of sp³-hybridized carbons (Fsp3) is 0.133. The molecule has 0 radical (unpaired) electrons. The Morgan fingerprint density at radius 2 is 1.36 bits per heavy atom. The number of amides is 1. The summed E-state index contributed by atoms with van der Waals surface area (Å²) < 4.78 is 163. The van der Waals surface area contributed by atoms with E-state index in [0.717, 1.165) is 30.3 Å². The van der Waals surface area contributed by atoms with Crippen LogP contribution in [-0.4, -0.2) is 98.6 Å². The maximum atomic E-state index is 12.7. The molecule has 61 heavy (non-hydrogen) atoms. The zero-order valence-electron chi connectivity index (χ0n) is 30.2. The van der Waals surface area contributed by atoms with Crippen LogP contribution in [0, 0.1) is 0 Å². The highest BCUT2D eigenvalue weighted by atomic mass is 35.5. The Balaban J connectivity index is 1.54. The number of azo groups is 1. The van der Waals surface area contributed by atoms with E-state index in [-0.39, 0.29) is 34.6 Å². The van der Waals surface area contributed by atoms with E-state index in [4.69, 9.17) is 16.2 Å². The van der Waals surface area contributed by atoms with E-state index >= 15 is 0 Å².